The third kappa shape index (κ3) is 2.19. The Bertz CT molecular complexity index is 343. The lowest BCUT2D eigenvalue weighted by molar-refractivity contribution is 0.735. The van der Waals surface area contributed by atoms with Gasteiger partial charge in [-0.25, -0.2) is 0 Å². The molecule has 0 radical (unpaired) electrons. The lowest BCUT2D eigenvalue weighted by Gasteiger charge is -2.10. The second kappa shape index (κ2) is 4.24. The summed E-state index contributed by atoms with van der Waals surface area (Å²) in [5.74, 6) is 0. The van der Waals surface area contributed by atoms with E-state index in [1.165, 1.54) is 0 Å². The number of hydrogen-bond acceptors (Lipinski definition) is 3. The van der Waals surface area contributed by atoms with Crippen LogP contribution < -0.4 is 11.5 Å². The van der Waals surface area contributed by atoms with E-state index in [0.29, 0.717) is 17.1 Å². The average molecular weight is 196 g/mol. The fraction of sp³-hybridized carbons (Fsp3) is 0.222. The minimum atomic E-state index is -0.299. The first-order chi connectivity index (χ1) is 6.19. The van der Waals surface area contributed by atoms with E-state index < -0.39 is 0 Å². The first-order valence-corrected chi connectivity index (χ1v) is 4.22. The van der Waals surface area contributed by atoms with E-state index in [1.54, 1.807) is 18.2 Å². The molecule has 0 aliphatic carbocycles. The van der Waals surface area contributed by atoms with Crippen LogP contribution in [0.15, 0.2) is 18.2 Å². The number of benzene rings is 1. The highest BCUT2D eigenvalue weighted by Gasteiger charge is 2.09. The molecule has 0 saturated heterocycles. The zero-order chi connectivity index (χ0) is 9.84. The summed E-state index contributed by atoms with van der Waals surface area (Å²) >= 11 is 5.72. The Balaban J connectivity index is 3.15. The molecule has 68 valence electrons. The fourth-order valence-corrected chi connectivity index (χ4v) is 1.25. The summed E-state index contributed by atoms with van der Waals surface area (Å²) in [7, 11) is 0. The third-order valence-electron chi connectivity index (χ3n) is 1.79. The Labute approximate surface area is 81.9 Å². The van der Waals surface area contributed by atoms with Crippen LogP contribution in [0, 0.1) is 11.3 Å². The van der Waals surface area contributed by atoms with E-state index in [1.807, 2.05) is 6.07 Å². The number of nitrogens with two attached hydrogens (primary N) is 2. The van der Waals surface area contributed by atoms with Crippen LogP contribution in [-0.4, -0.2) is 6.54 Å². The molecule has 4 N–H and O–H groups in total. The number of hydrogen-bond donors (Lipinski definition) is 2. The molecule has 0 aliphatic heterocycles. The predicted octanol–water partition coefficient (Wildman–Crippen LogP) is 1.17. The molecule has 0 aliphatic rings. The summed E-state index contributed by atoms with van der Waals surface area (Å²) in [5, 5.41) is 9.31. The molecule has 0 heterocycles. The van der Waals surface area contributed by atoms with Gasteiger partial charge in [-0.05, 0) is 17.7 Å². The fourth-order valence-electron chi connectivity index (χ4n) is 1.08. The molecular formula is C9H10ClN3. The molecule has 0 fully saturated rings. The zero-order valence-corrected chi connectivity index (χ0v) is 7.75. The van der Waals surface area contributed by atoms with Crippen molar-refractivity contribution in [2.45, 2.75) is 6.04 Å². The third-order valence-corrected chi connectivity index (χ3v) is 2.02. The Hall–Kier alpha value is -1.08. The molecule has 1 atom stereocenters. The van der Waals surface area contributed by atoms with Crippen molar-refractivity contribution in [3.63, 3.8) is 0 Å². The summed E-state index contributed by atoms with van der Waals surface area (Å²) in [6.45, 7) is 0.316. The van der Waals surface area contributed by atoms with Crippen LogP contribution in [0.25, 0.3) is 0 Å². The average Bonchev–Trinajstić information content (AvgIpc) is 2.16. The van der Waals surface area contributed by atoms with E-state index in [4.69, 9.17) is 28.3 Å². The molecule has 1 rings (SSSR count). The highest BCUT2D eigenvalue weighted by atomic mass is 35.5. The molecule has 0 aromatic heterocycles. The Morgan fingerprint density at radius 2 is 2.23 bits per heavy atom. The quantitative estimate of drug-likeness (QED) is 0.744. The van der Waals surface area contributed by atoms with E-state index in [-0.39, 0.29) is 6.04 Å². The van der Waals surface area contributed by atoms with Crippen LogP contribution >= 0.6 is 11.6 Å². The van der Waals surface area contributed by atoms with Gasteiger partial charge in [-0.3, -0.25) is 0 Å². The van der Waals surface area contributed by atoms with E-state index in [9.17, 15) is 0 Å². The number of rotatable bonds is 2. The van der Waals surface area contributed by atoms with E-state index in [0.717, 1.165) is 5.56 Å². The zero-order valence-electron chi connectivity index (χ0n) is 7.00. The molecule has 0 unspecified atom stereocenters. The minimum Gasteiger partial charge on any atom is -0.329 e. The van der Waals surface area contributed by atoms with Gasteiger partial charge in [0.2, 0.25) is 0 Å². The van der Waals surface area contributed by atoms with Crippen molar-refractivity contribution in [3.8, 4) is 6.07 Å². The first-order valence-electron chi connectivity index (χ1n) is 3.84. The maximum absolute atomic E-state index is 8.78. The molecule has 0 spiro atoms. The van der Waals surface area contributed by atoms with Gasteiger partial charge in [0, 0.05) is 17.6 Å². The SMILES string of the molecule is N#Cc1cc(Cl)ccc1[C@@H](N)CN. The van der Waals surface area contributed by atoms with Crippen LogP contribution in [0.2, 0.25) is 5.02 Å². The molecule has 1 aromatic carbocycles. The summed E-state index contributed by atoms with van der Waals surface area (Å²) in [4.78, 5) is 0. The normalized spacial score (nSPS) is 12.2. The molecule has 0 amide bonds. The standard InChI is InChI=1S/C9H10ClN3/c10-7-1-2-8(9(13)5-12)6(3-7)4-11/h1-3,9H,5,12-13H2/t9-/m0/s1. The van der Waals surface area contributed by atoms with Crippen molar-refractivity contribution in [2.24, 2.45) is 11.5 Å². The smallest absolute Gasteiger partial charge is 0.0995 e. The van der Waals surface area contributed by atoms with Gasteiger partial charge in [-0.1, -0.05) is 17.7 Å². The number of nitrogens with zero attached hydrogens (tertiary/aromatic N) is 1. The van der Waals surface area contributed by atoms with Crippen LogP contribution in [0.1, 0.15) is 17.2 Å². The monoisotopic (exact) mass is 195 g/mol. The Kier molecular flexibility index (Phi) is 3.26. The highest BCUT2D eigenvalue weighted by molar-refractivity contribution is 6.30. The van der Waals surface area contributed by atoms with Gasteiger partial charge < -0.3 is 11.5 Å². The summed E-state index contributed by atoms with van der Waals surface area (Å²) < 4.78 is 0. The van der Waals surface area contributed by atoms with E-state index >= 15 is 0 Å². The molecule has 3 nitrogen and oxygen atoms in total. The molecule has 1 aromatic rings. The van der Waals surface area contributed by atoms with Gasteiger partial charge in [-0.2, -0.15) is 5.26 Å². The maximum Gasteiger partial charge on any atom is 0.0995 e. The Morgan fingerprint density at radius 3 is 2.77 bits per heavy atom. The number of nitriles is 1. The highest BCUT2D eigenvalue weighted by Crippen LogP contribution is 2.19. The van der Waals surface area contributed by atoms with Crippen LogP contribution in [0.5, 0.6) is 0 Å². The predicted molar refractivity (Wildman–Crippen MR) is 52.1 cm³/mol. The largest absolute Gasteiger partial charge is 0.329 e. The van der Waals surface area contributed by atoms with Crippen molar-refractivity contribution in [1.82, 2.24) is 0 Å². The molecule has 13 heavy (non-hydrogen) atoms. The van der Waals surface area contributed by atoms with Gasteiger partial charge in [0.05, 0.1) is 11.6 Å². The van der Waals surface area contributed by atoms with Gasteiger partial charge >= 0.3 is 0 Å². The lowest BCUT2D eigenvalue weighted by Crippen LogP contribution is -2.21. The van der Waals surface area contributed by atoms with Gasteiger partial charge in [-0.15, -0.1) is 0 Å². The van der Waals surface area contributed by atoms with Crippen molar-refractivity contribution in [1.29, 1.82) is 5.26 Å². The maximum atomic E-state index is 8.78. The molecule has 4 heteroatoms. The van der Waals surface area contributed by atoms with Gasteiger partial charge in [0.25, 0.3) is 0 Å². The van der Waals surface area contributed by atoms with Crippen molar-refractivity contribution in [3.05, 3.63) is 34.3 Å². The minimum absolute atomic E-state index is 0.299. The Morgan fingerprint density at radius 1 is 1.54 bits per heavy atom. The molecule has 0 bridgehead atoms. The van der Waals surface area contributed by atoms with Crippen LogP contribution in [-0.2, 0) is 0 Å². The van der Waals surface area contributed by atoms with Gasteiger partial charge in [0.1, 0.15) is 0 Å². The second-order valence-corrected chi connectivity index (χ2v) is 3.12. The van der Waals surface area contributed by atoms with E-state index in [2.05, 4.69) is 0 Å². The topological polar surface area (TPSA) is 75.8 Å². The van der Waals surface area contributed by atoms with Crippen molar-refractivity contribution < 1.29 is 0 Å². The molecular weight excluding hydrogens is 186 g/mol. The first kappa shape index (κ1) is 10.0. The van der Waals surface area contributed by atoms with Crippen LogP contribution in [0.3, 0.4) is 0 Å². The van der Waals surface area contributed by atoms with Crippen LogP contribution in [0.4, 0.5) is 0 Å². The van der Waals surface area contributed by atoms with Crippen molar-refractivity contribution in [2.75, 3.05) is 6.54 Å². The second-order valence-electron chi connectivity index (χ2n) is 2.69. The summed E-state index contributed by atoms with van der Waals surface area (Å²) in [6.07, 6.45) is 0. The number of halogens is 1. The van der Waals surface area contributed by atoms with Crippen molar-refractivity contribution >= 4 is 11.6 Å². The lowest BCUT2D eigenvalue weighted by atomic mass is 10.0. The summed E-state index contributed by atoms with van der Waals surface area (Å²) in [5.41, 5.74) is 12.3. The molecule has 0 saturated carbocycles. The van der Waals surface area contributed by atoms with Gasteiger partial charge in [0.15, 0.2) is 0 Å². The summed E-state index contributed by atoms with van der Waals surface area (Å²) in [6, 6.07) is 6.76.